The Balaban J connectivity index is 1.79. The van der Waals surface area contributed by atoms with Crippen LogP contribution < -0.4 is 9.47 Å². The molecule has 0 radical (unpaired) electrons. The van der Waals surface area contributed by atoms with Gasteiger partial charge in [-0.05, 0) is 53.6 Å². The molecule has 1 aliphatic heterocycles. The molecule has 0 aliphatic carbocycles. The fourth-order valence-electron chi connectivity index (χ4n) is 3.76. The van der Waals surface area contributed by atoms with Crippen LogP contribution in [0.4, 0.5) is 0 Å². The molecule has 3 heterocycles. The summed E-state index contributed by atoms with van der Waals surface area (Å²) in [6.07, 6.45) is 1.29. The second-order valence-electron chi connectivity index (χ2n) is 6.79. The van der Waals surface area contributed by atoms with Gasteiger partial charge in [-0.2, -0.15) is 0 Å². The molecule has 30 heavy (non-hydrogen) atoms. The number of fused-ring (bicyclic) bond motifs is 3. The van der Waals surface area contributed by atoms with Crippen molar-refractivity contribution in [1.29, 1.82) is 0 Å². The SMILES string of the molecule is COc1cc2c(cc1OCCCN=[N+]=[N-])-c1c(-c3cccs3)cc(C(=O)O)n1CC2. The van der Waals surface area contributed by atoms with E-state index in [-0.39, 0.29) is 5.69 Å². The van der Waals surface area contributed by atoms with Crippen LogP contribution in [0.2, 0.25) is 0 Å². The number of aromatic nitrogens is 1. The lowest BCUT2D eigenvalue weighted by atomic mass is 9.95. The van der Waals surface area contributed by atoms with Gasteiger partial charge in [-0.3, -0.25) is 0 Å². The summed E-state index contributed by atoms with van der Waals surface area (Å²) >= 11 is 1.58. The van der Waals surface area contributed by atoms with Crippen molar-refractivity contribution < 1.29 is 19.4 Å². The summed E-state index contributed by atoms with van der Waals surface area (Å²) in [5.74, 6) is 0.278. The summed E-state index contributed by atoms with van der Waals surface area (Å²) in [6.45, 7) is 1.33. The number of azide groups is 1. The van der Waals surface area contributed by atoms with Crippen LogP contribution >= 0.6 is 11.3 Å². The number of hydrogen-bond donors (Lipinski definition) is 1. The number of rotatable bonds is 8. The van der Waals surface area contributed by atoms with Gasteiger partial charge in [0, 0.05) is 34.0 Å². The van der Waals surface area contributed by atoms with E-state index in [1.54, 1.807) is 24.5 Å². The number of ether oxygens (including phenoxy) is 2. The summed E-state index contributed by atoms with van der Waals surface area (Å²) < 4.78 is 13.3. The Morgan fingerprint density at radius 2 is 2.20 bits per heavy atom. The van der Waals surface area contributed by atoms with Gasteiger partial charge in [0.2, 0.25) is 0 Å². The maximum Gasteiger partial charge on any atom is 0.352 e. The molecule has 154 valence electrons. The number of carboxylic acid groups (broad SMARTS) is 1. The molecule has 4 rings (SSSR count). The van der Waals surface area contributed by atoms with Gasteiger partial charge in [0.15, 0.2) is 11.5 Å². The lowest BCUT2D eigenvalue weighted by Gasteiger charge is -2.24. The van der Waals surface area contributed by atoms with E-state index in [1.807, 2.05) is 34.2 Å². The number of hydrogen-bond acceptors (Lipinski definition) is 5. The molecule has 0 saturated heterocycles. The Bertz CT molecular complexity index is 1130. The van der Waals surface area contributed by atoms with Crippen LogP contribution in [0, 0.1) is 0 Å². The lowest BCUT2D eigenvalue weighted by Crippen LogP contribution is -2.16. The van der Waals surface area contributed by atoms with E-state index in [9.17, 15) is 9.90 Å². The zero-order chi connectivity index (χ0) is 21.1. The van der Waals surface area contributed by atoms with Gasteiger partial charge in [0.1, 0.15) is 5.69 Å². The van der Waals surface area contributed by atoms with Crippen LogP contribution in [0.3, 0.4) is 0 Å². The molecule has 1 aromatic carbocycles. The van der Waals surface area contributed by atoms with Crippen LogP contribution in [0.15, 0.2) is 40.8 Å². The standard InChI is InChI=1S/C21H20N4O4S/c1-28-17-10-13-5-7-25-16(21(26)27)11-15(19-4-2-9-30-19)20(25)14(13)12-18(17)29-8-3-6-23-24-22/h2,4,9-12H,3,5-8H2,1H3,(H,26,27). The first kappa shape index (κ1) is 19.9. The van der Waals surface area contributed by atoms with Crippen LogP contribution in [0.25, 0.3) is 32.1 Å². The largest absolute Gasteiger partial charge is 0.493 e. The third-order valence-corrected chi connectivity index (χ3v) is 5.98. The molecule has 1 aliphatic rings. The molecular formula is C21H20N4O4S. The fraction of sp³-hybridized carbons (Fsp3) is 0.286. The molecule has 0 saturated carbocycles. The molecule has 0 amide bonds. The Hall–Kier alpha value is -3.42. The van der Waals surface area contributed by atoms with Gasteiger partial charge in [-0.25, -0.2) is 4.79 Å². The van der Waals surface area contributed by atoms with E-state index in [0.717, 1.165) is 27.3 Å². The summed E-state index contributed by atoms with van der Waals surface area (Å²) in [6, 6.07) is 9.60. The molecule has 8 nitrogen and oxygen atoms in total. The number of aryl methyl sites for hydroxylation is 1. The fourth-order valence-corrected chi connectivity index (χ4v) is 4.51. The zero-order valence-electron chi connectivity index (χ0n) is 16.4. The van der Waals surface area contributed by atoms with Gasteiger partial charge in [0.25, 0.3) is 0 Å². The third-order valence-electron chi connectivity index (χ3n) is 5.08. The van der Waals surface area contributed by atoms with E-state index in [2.05, 4.69) is 10.0 Å². The predicted octanol–water partition coefficient (Wildman–Crippen LogP) is 5.23. The summed E-state index contributed by atoms with van der Waals surface area (Å²) in [4.78, 5) is 15.6. The predicted molar refractivity (Wildman–Crippen MR) is 115 cm³/mol. The molecule has 1 N–H and O–H groups in total. The van der Waals surface area contributed by atoms with Crippen molar-refractivity contribution in [2.45, 2.75) is 19.4 Å². The van der Waals surface area contributed by atoms with Gasteiger partial charge in [0.05, 0.1) is 19.4 Å². The Labute approximate surface area is 176 Å². The van der Waals surface area contributed by atoms with Crippen molar-refractivity contribution in [3.8, 4) is 33.2 Å². The van der Waals surface area contributed by atoms with Crippen LogP contribution in [0.5, 0.6) is 11.5 Å². The highest BCUT2D eigenvalue weighted by Gasteiger charge is 2.28. The van der Waals surface area contributed by atoms with Gasteiger partial charge in [-0.15, -0.1) is 11.3 Å². The lowest BCUT2D eigenvalue weighted by molar-refractivity contribution is 0.0685. The Morgan fingerprint density at radius 3 is 2.90 bits per heavy atom. The van der Waals surface area contributed by atoms with Crippen molar-refractivity contribution in [3.05, 3.63) is 57.4 Å². The minimum Gasteiger partial charge on any atom is -0.493 e. The molecular weight excluding hydrogens is 404 g/mol. The van der Waals surface area contributed by atoms with E-state index in [0.29, 0.717) is 44.0 Å². The Kier molecular flexibility index (Phi) is 5.65. The normalized spacial score (nSPS) is 11.9. The second-order valence-corrected chi connectivity index (χ2v) is 7.74. The molecule has 0 fully saturated rings. The highest BCUT2D eigenvalue weighted by molar-refractivity contribution is 7.13. The average Bonchev–Trinajstić information content (AvgIpc) is 3.40. The summed E-state index contributed by atoms with van der Waals surface area (Å²) in [7, 11) is 1.60. The quantitative estimate of drug-likeness (QED) is 0.231. The monoisotopic (exact) mass is 424 g/mol. The molecule has 0 spiro atoms. The van der Waals surface area contributed by atoms with Gasteiger partial charge < -0.3 is 19.1 Å². The maximum atomic E-state index is 11.9. The number of nitrogens with zero attached hydrogens (tertiary/aromatic N) is 4. The maximum absolute atomic E-state index is 11.9. The minimum atomic E-state index is -0.939. The third kappa shape index (κ3) is 3.60. The number of carboxylic acids is 1. The molecule has 2 aromatic heterocycles. The van der Waals surface area contributed by atoms with E-state index in [1.165, 1.54) is 0 Å². The average molecular weight is 424 g/mol. The second kappa shape index (κ2) is 8.52. The van der Waals surface area contributed by atoms with Gasteiger partial charge >= 0.3 is 5.97 Å². The van der Waals surface area contributed by atoms with Crippen molar-refractivity contribution >= 4 is 17.3 Å². The van der Waals surface area contributed by atoms with Crippen molar-refractivity contribution in [1.82, 2.24) is 4.57 Å². The molecule has 0 unspecified atom stereocenters. The first-order valence-corrected chi connectivity index (χ1v) is 10.4. The number of thiophene rings is 1. The molecule has 0 bridgehead atoms. The minimum absolute atomic E-state index is 0.284. The summed E-state index contributed by atoms with van der Waals surface area (Å²) in [5, 5.41) is 15.2. The molecule has 0 atom stereocenters. The van der Waals surface area contributed by atoms with Crippen molar-refractivity contribution in [3.63, 3.8) is 0 Å². The number of methoxy groups -OCH3 is 1. The van der Waals surface area contributed by atoms with Crippen LogP contribution in [-0.4, -0.2) is 35.9 Å². The van der Waals surface area contributed by atoms with Crippen molar-refractivity contribution in [2.75, 3.05) is 20.3 Å². The van der Waals surface area contributed by atoms with Crippen molar-refractivity contribution in [2.24, 2.45) is 5.11 Å². The topological polar surface area (TPSA) is 109 Å². The first-order chi connectivity index (χ1) is 14.6. The highest BCUT2D eigenvalue weighted by atomic mass is 32.1. The van der Waals surface area contributed by atoms with Gasteiger partial charge in [-0.1, -0.05) is 11.2 Å². The Morgan fingerprint density at radius 1 is 1.33 bits per heavy atom. The van der Waals surface area contributed by atoms with Crippen LogP contribution in [0.1, 0.15) is 22.5 Å². The number of benzene rings is 1. The molecule has 3 aromatic rings. The zero-order valence-corrected chi connectivity index (χ0v) is 17.2. The van der Waals surface area contributed by atoms with E-state index >= 15 is 0 Å². The van der Waals surface area contributed by atoms with E-state index < -0.39 is 5.97 Å². The summed E-state index contributed by atoms with van der Waals surface area (Å²) in [5.41, 5.74) is 12.5. The number of aromatic carboxylic acids is 1. The van der Waals surface area contributed by atoms with E-state index in [4.69, 9.17) is 15.0 Å². The van der Waals surface area contributed by atoms with Crippen LogP contribution in [-0.2, 0) is 13.0 Å². The molecule has 9 heteroatoms. The smallest absolute Gasteiger partial charge is 0.352 e. The first-order valence-electron chi connectivity index (χ1n) is 9.49. The number of carbonyl (C=O) groups is 1. The highest BCUT2D eigenvalue weighted by Crippen LogP contribution is 2.45.